The van der Waals surface area contributed by atoms with Crippen LogP contribution >= 0.6 is 15.9 Å². The molecule has 0 bridgehead atoms. The summed E-state index contributed by atoms with van der Waals surface area (Å²) < 4.78 is 0. The fourth-order valence-corrected chi connectivity index (χ4v) is 2.46. The molecule has 2 atom stereocenters. The van der Waals surface area contributed by atoms with E-state index in [1.807, 2.05) is 11.8 Å². The standard InChI is InChI=1S/C10H18BrNO/c1-5-8(11)9(13)12-7(2)6-10(12,3)4/h7-8H,5-6H2,1-4H3. The number of alkyl halides is 1. The second-order valence-electron chi connectivity index (χ2n) is 4.45. The average molecular weight is 248 g/mol. The van der Waals surface area contributed by atoms with Crippen molar-refractivity contribution in [3.05, 3.63) is 0 Å². The van der Waals surface area contributed by atoms with Gasteiger partial charge in [-0.25, -0.2) is 0 Å². The molecule has 1 rings (SSSR count). The first kappa shape index (κ1) is 11.0. The smallest absolute Gasteiger partial charge is 0.237 e. The van der Waals surface area contributed by atoms with Crippen molar-refractivity contribution in [3.8, 4) is 0 Å². The van der Waals surface area contributed by atoms with Gasteiger partial charge < -0.3 is 4.90 Å². The Balaban J connectivity index is 2.66. The van der Waals surface area contributed by atoms with Gasteiger partial charge in [0.15, 0.2) is 0 Å². The fourth-order valence-electron chi connectivity index (χ4n) is 2.24. The maximum absolute atomic E-state index is 11.9. The molecule has 0 spiro atoms. The van der Waals surface area contributed by atoms with Crippen LogP contribution in [0.2, 0.25) is 0 Å². The first-order valence-electron chi connectivity index (χ1n) is 4.87. The Labute approximate surface area is 88.8 Å². The zero-order chi connectivity index (χ0) is 10.2. The maximum Gasteiger partial charge on any atom is 0.237 e. The molecular formula is C10H18BrNO. The molecule has 1 amide bonds. The first-order chi connectivity index (χ1) is 5.90. The largest absolute Gasteiger partial charge is 0.334 e. The Morgan fingerprint density at radius 2 is 2.23 bits per heavy atom. The van der Waals surface area contributed by atoms with E-state index in [1.165, 1.54) is 0 Å². The van der Waals surface area contributed by atoms with Gasteiger partial charge in [-0.3, -0.25) is 4.79 Å². The van der Waals surface area contributed by atoms with Gasteiger partial charge in [0.05, 0.1) is 4.83 Å². The number of halogens is 1. The highest BCUT2D eigenvalue weighted by atomic mass is 79.9. The van der Waals surface area contributed by atoms with Crippen molar-refractivity contribution in [3.63, 3.8) is 0 Å². The molecule has 3 heteroatoms. The van der Waals surface area contributed by atoms with E-state index < -0.39 is 0 Å². The Morgan fingerprint density at radius 3 is 2.54 bits per heavy atom. The van der Waals surface area contributed by atoms with Crippen molar-refractivity contribution in [2.24, 2.45) is 0 Å². The van der Waals surface area contributed by atoms with E-state index in [1.54, 1.807) is 0 Å². The highest BCUT2D eigenvalue weighted by molar-refractivity contribution is 9.10. The molecule has 2 unspecified atom stereocenters. The molecule has 0 aromatic heterocycles. The van der Waals surface area contributed by atoms with Crippen LogP contribution in [0.4, 0.5) is 0 Å². The van der Waals surface area contributed by atoms with E-state index in [2.05, 4.69) is 36.7 Å². The molecular weight excluding hydrogens is 230 g/mol. The predicted octanol–water partition coefficient (Wildman–Crippen LogP) is 2.56. The van der Waals surface area contributed by atoms with Gasteiger partial charge in [-0.15, -0.1) is 0 Å². The molecule has 0 saturated carbocycles. The number of carbonyl (C=O) groups excluding carboxylic acids is 1. The summed E-state index contributed by atoms with van der Waals surface area (Å²) in [6, 6.07) is 0.411. The molecule has 1 fully saturated rings. The molecule has 76 valence electrons. The lowest BCUT2D eigenvalue weighted by molar-refractivity contribution is -0.151. The van der Waals surface area contributed by atoms with E-state index in [0.29, 0.717) is 6.04 Å². The second kappa shape index (κ2) is 3.60. The number of hydrogen-bond acceptors (Lipinski definition) is 1. The lowest BCUT2D eigenvalue weighted by Gasteiger charge is -2.54. The third kappa shape index (κ3) is 1.90. The van der Waals surface area contributed by atoms with Gasteiger partial charge in [0.25, 0.3) is 0 Å². The summed E-state index contributed by atoms with van der Waals surface area (Å²) in [7, 11) is 0. The SMILES string of the molecule is CCC(Br)C(=O)N1C(C)CC1(C)C. The molecule has 1 heterocycles. The average Bonchev–Trinajstić information content (AvgIpc) is 2.00. The Kier molecular flexibility index (Phi) is 3.05. The predicted molar refractivity (Wildman–Crippen MR) is 58.0 cm³/mol. The van der Waals surface area contributed by atoms with E-state index in [-0.39, 0.29) is 16.3 Å². The number of rotatable bonds is 2. The van der Waals surface area contributed by atoms with Crippen LogP contribution in [0.5, 0.6) is 0 Å². The van der Waals surface area contributed by atoms with E-state index in [0.717, 1.165) is 12.8 Å². The summed E-state index contributed by atoms with van der Waals surface area (Å²) in [4.78, 5) is 13.9. The van der Waals surface area contributed by atoms with Crippen molar-refractivity contribution >= 4 is 21.8 Å². The van der Waals surface area contributed by atoms with Gasteiger partial charge in [-0.2, -0.15) is 0 Å². The molecule has 0 aromatic rings. The van der Waals surface area contributed by atoms with Crippen LogP contribution in [0.15, 0.2) is 0 Å². The fraction of sp³-hybridized carbons (Fsp3) is 0.900. The highest BCUT2D eigenvalue weighted by Crippen LogP contribution is 2.37. The molecule has 1 aliphatic rings. The molecule has 0 aromatic carbocycles. The number of nitrogens with zero attached hydrogens (tertiary/aromatic N) is 1. The summed E-state index contributed by atoms with van der Waals surface area (Å²) in [5.41, 5.74) is 0.0672. The minimum atomic E-state index is -0.00507. The summed E-state index contributed by atoms with van der Waals surface area (Å²) >= 11 is 3.41. The normalized spacial score (nSPS) is 28.1. The van der Waals surface area contributed by atoms with Crippen LogP contribution < -0.4 is 0 Å². The van der Waals surface area contributed by atoms with Crippen LogP contribution in [-0.2, 0) is 4.79 Å². The lowest BCUT2D eigenvalue weighted by Crippen LogP contribution is -2.65. The Bertz CT molecular complexity index is 215. The molecule has 1 aliphatic heterocycles. The van der Waals surface area contributed by atoms with Crippen molar-refractivity contribution in [2.45, 2.75) is 56.9 Å². The van der Waals surface area contributed by atoms with Crippen LogP contribution in [-0.4, -0.2) is 27.2 Å². The Morgan fingerprint density at radius 1 is 1.69 bits per heavy atom. The van der Waals surface area contributed by atoms with Gasteiger partial charge in [0.2, 0.25) is 5.91 Å². The number of likely N-dealkylation sites (tertiary alicyclic amines) is 1. The topological polar surface area (TPSA) is 20.3 Å². The first-order valence-corrected chi connectivity index (χ1v) is 5.79. The van der Waals surface area contributed by atoms with Gasteiger partial charge in [0, 0.05) is 11.6 Å². The van der Waals surface area contributed by atoms with E-state index in [4.69, 9.17) is 0 Å². The van der Waals surface area contributed by atoms with Crippen LogP contribution in [0, 0.1) is 0 Å². The molecule has 13 heavy (non-hydrogen) atoms. The van der Waals surface area contributed by atoms with Crippen LogP contribution in [0.3, 0.4) is 0 Å². The minimum Gasteiger partial charge on any atom is -0.334 e. The maximum atomic E-state index is 11.9. The summed E-state index contributed by atoms with van der Waals surface area (Å²) in [5.74, 6) is 0.242. The van der Waals surface area contributed by atoms with Crippen LogP contribution in [0.25, 0.3) is 0 Å². The second-order valence-corrected chi connectivity index (χ2v) is 5.55. The highest BCUT2D eigenvalue weighted by Gasteiger charge is 2.46. The monoisotopic (exact) mass is 247 g/mol. The summed E-state index contributed by atoms with van der Waals surface area (Å²) in [6.07, 6.45) is 1.97. The van der Waals surface area contributed by atoms with Crippen molar-refractivity contribution in [1.82, 2.24) is 4.90 Å². The lowest BCUT2D eigenvalue weighted by atomic mass is 9.82. The quantitative estimate of drug-likeness (QED) is 0.688. The number of hydrogen-bond donors (Lipinski definition) is 0. The van der Waals surface area contributed by atoms with Gasteiger partial charge in [-0.05, 0) is 33.6 Å². The zero-order valence-electron chi connectivity index (χ0n) is 8.80. The van der Waals surface area contributed by atoms with Crippen molar-refractivity contribution in [1.29, 1.82) is 0 Å². The van der Waals surface area contributed by atoms with Gasteiger partial charge >= 0.3 is 0 Å². The molecule has 0 radical (unpaired) electrons. The molecule has 1 saturated heterocycles. The molecule has 0 N–H and O–H groups in total. The third-order valence-electron chi connectivity index (χ3n) is 2.75. The molecule has 0 aliphatic carbocycles. The van der Waals surface area contributed by atoms with Crippen molar-refractivity contribution < 1.29 is 4.79 Å². The van der Waals surface area contributed by atoms with Gasteiger partial charge in [0.1, 0.15) is 0 Å². The van der Waals surface area contributed by atoms with Crippen molar-refractivity contribution in [2.75, 3.05) is 0 Å². The summed E-state index contributed by atoms with van der Waals surface area (Å²) in [5, 5.41) is 0. The number of amides is 1. The summed E-state index contributed by atoms with van der Waals surface area (Å²) in [6.45, 7) is 8.38. The third-order valence-corrected chi connectivity index (χ3v) is 3.79. The van der Waals surface area contributed by atoms with Crippen LogP contribution in [0.1, 0.15) is 40.5 Å². The van der Waals surface area contributed by atoms with Gasteiger partial charge in [-0.1, -0.05) is 22.9 Å². The molecule has 2 nitrogen and oxygen atoms in total. The Hall–Kier alpha value is -0.0500. The van der Waals surface area contributed by atoms with E-state index in [9.17, 15) is 4.79 Å². The zero-order valence-corrected chi connectivity index (χ0v) is 10.4. The minimum absolute atomic E-state index is 0.00507. The number of carbonyl (C=O) groups is 1. The van der Waals surface area contributed by atoms with E-state index >= 15 is 0 Å².